The Balaban J connectivity index is 2.29. The highest BCUT2D eigenvalue weighted by molar-refractivity contribution is 7.71. The lowest BCUT2D eigenvalue weighted by Crippen LogP contribution is -2.18. The highest BCUT2D eigenvalue weighted by Gasteiger charge is 2.20. The van der Waals surface area contributed by atoms with Crippen molar-refractivity contribution in [1.29, 1.82) is 0 Å². The van der Waals surface area contributed by atoms with Gasteiger partial charge in [0.2, 0.25) is 0 Å². The predicted octanol–water partition coefficient (Wildman–Crippen LogP) is 3.31. The molecule has 0 fully saturated rings. The number of hydrogen-bond donors (Lipinski definition) is 1. The first-order valence-corrected chi connectivity index (χ1v) is 8.84. The molecule has 0 bridgehead atoms. The van der Waals surface area contributed by atoms with Crippen LogP contribution in [0.5, 0.6) is 0 Å². The maximum absolute atomic E-state index is 13.7. The summed E-state index contributed by atoms with van der Waals surface area (Å²) < 4.78 is 35.9. The highest BCUT2D eigenvalue weighted by Crippen LogP contribution is 2.29. The number of hydrogen-bond acceptors (Lipinski definition) is 5. The number of nitrogens with zero attached hydrogens (tertiary/aromatic N) is 4. The second kappa shape index (κ2) is 8.05. The fourth-order valence-electron chi connectivity index (χ4n) is 2.87. The molecule has 0 amide bonds. The van der Waals surface area contributed by atoms with Crippen molar-refractivity contribution >= 4 is 23.3 Å². The molecule has 3 aromatic rings. The molecule has 0 saturated heterocycles. The number of pyridine rings is 1. The molecule has 0 radical (unpaired) electrons. The summed E-state index contributed by atoms with van der Waals surface area (Å²) in [5.41, 5.74) is -0.00207. The molecule has 0 atom stereocenters. The van der Waals surface area contributed by atoms with E-state index >= 15 is 0 Å². The molecule has 27 heavy (non-hydrogen) atoms. The van der Waals surface area contributed by atoms with Gasteiger partial charge in [-0.3, -0.25) is 14.5 Å². The molecular formula is C17H19F2N5O2S. The number of aromatic amines is 1. The average Bonchev–Trinajstić information content (AvgIpc) is 3.12. The van der Waals surface area contributed by atoms with Gasteiger partial charge in [0.25, 0.3) is 12.0 Å². The Morgan fingerprint density at radius 1 is 1.41 bits per heavy atom. The van der Waals surface area contributed by atoms with Crippen LogP contribution in [0.1, 0.15) is 25.3 Å². The van der Waals surface area contributed by atoms with Gasteiger partial charge < -0.3 is 9.30 Å². The van der Waals surface area contributed by atoms with E-state index < -0.39 is 12.0 Å². The number of nitrogens with one attached hydrogen (secondary N) is 1. The standard InChI is InChI=1S/C17H19F2N5O2S/c1-3-23-9-10(8-20-23)12-7-11(14(18)19)13-15(21-12)24(5-4-6-26-2)17(27)22-16(13)25/h7-9,14H,3-6H2,1-2H3,(H,22,25,27). The van der Waals surface area contributed by atoms with Gasteiger partial charge in [-0.05, 0) is 31.6 Å². The van der Waals surface area contributed by atoms with Crippen molar-refractivity contribution in [3.8, 4) is 11.3 Å². The molecule has 0 saturated carbocycles. The number of halogens is 2. The maximum Gasteiger partial charge on any atom is 0.264 e. The van der Waals surface area contributed by atoms with Crippen molar-refractivity contribution in [3.63, 3.8) is 0 Å². The molecule has 144 valence electrons. The summed E-state index contributed by atoms with van der Waals surface area (Å²) in [7, 11) is 1.57. The van der Waals surface area contributed by atoms with Crippen LogP contribution in [-0.2, 0) is 17.8 Å². The zero-order valence-electron chi connectivity index (χ0n) is 14.9. The Bertz CT molecular complexity index is 1070. The van der Waals surface area contributed by atoms with E-state index in [4.69, 9.17) is 17.0 Å². The van der Waals surface area contributed by atoms with Crippen LogP contribution >= 0.6 is 12.2 Å². The van der Waals surface area contributed by atoms with E-state index in [0.29, 0.717) is 37.4 Å². The van der Waals surface area contributed by atoms with Gasteiger partial charge in [-0.2, -0.15) is 5.10 Å². The summed E-state index contributed by atoms with van der Waals surface area (Å²) in [6.45, 7) is 3.41. The van der Waals surface area contributed by atoms with E-state index in [1.807, 2.05) is 6.92 Å². The third-order valence-electron chi connectivity index (χ3n) is 4.20. The summed E-state index contributed by atoms with van der Waals surface area (Å²) in [6, 6.07) is 1.24. The molecular weight excluding hydrogens is 376 g/mol. The Labute approximate surface area is 158 Å². The van der Waals surface area contributed by atoms with Gasteiger partial charge in [-0.15, -0.1) is 0 Å². The van der Waals surface area contributed by atoms with Crippen molar-refractivity contribution < 1.29 is 13.5 Å². The molecule has 0 aliphatic carbocycles. The lowest BCUT2D eigenvalue weighted by molar-refractivity contribution is 0.153. The zero-order valence-corrected chi connectivity index (χ0v) is 15.7. The van der Waals surface area contributed by atoms with Crippen molar-refractivity contribution in [2.75, 3.05) is 13.7 Å². The van der Waals surface area contributed by atoms with Crippen LogP contribution in [0.15, 0.2) is 23.3 Å². The van der Waals surface area contributed by atoms with Gasteiger partial charge in [-0.25, -0.2) is 13.8 Å². The summed E-state index contributed by atoms with van der Waals surface area (Å²) in [6.07, 6.45) is 1.04. The van der Waals surface area contributed by atoms with E-state index in [-0.39, 0.29) is 21.4 Å². The number of fused-ring (bicyclic) bond motifs is 1. The predicted molar refractivity (Wildman–Crippen MR) is 99.5 cm³/mol. The number of methoxy groups -OCH3 is 1. The topological polar surface area (TPSA) is 77.7 Å². The molecule has 3 aromatic heterocycles. The smallest absolute Gasteiger partial charge is 0.264 e. The number of aromatic nitrogens is 5. The monoisotopic (exact) mass is 395 g/mol. The number of aryl methyl sites for hydroxylation is 2. The molecule has 0 aromatic carbocycles. The molecule has 0 aliphatic heterocycles. The number of rotatable bonds is 7. The molecule has 7 nitrogen and oxygen atoms in total. The van der Waals surface area contributed by atoms with Gasteiger partial charge in [0, 0.05) is 44.1 Å². The summed E-state index contributed by atoms with van der Waals surface area (Å²) in [5.74, 6) is 0. The Hall–Kier alpha value is -2.46. The Morgan fingerprint density at radius 2 is 2.19 bits per heavy atom. The van der Waals surface area contributed by atoms with Crippen LogP contribution in [0.4, 0.5) is 8.78 Å². The van der Waals surface area contributed by atoms with Gasteiger partial charge in [0.15, 0.2) is 4.77 Å². The Kier molecular flexibility index (Phi) is 5.76. The zero-order chi connectivity index (χ0) is 19.6. The highest BCUT2D eigenvalue weighted by atomic mass is 32.1. The molecule has 3 heterocycles. The SMILES string of the molecule is CCn1cc(-c2cc(C(F)F)c3c(=O)[nH]c(=S)n(CCCOC)c3n2)cn1. The van der Waals surface area contributed by atoms with Crippen LogP contribution in [0.3, 0.4) is 0 Å². The van der Waals surface area contributed by atoms with Crippen molar-refractivity contribution in [2.45, 2.75) is 32.9 Å². The van der Waals surface area contributed by atoms with Gasteiger partial charge >= 0.3 is 0 Å². The minimum atomic E-state index is -2.83. The van der Waals surface area contributed by atoms with Crippen LogP contribution in [0, 0.1) is 4.77 Å². The molecule has 3 rings (SSSR count). The maximum atomic E-state index is 13.7. The first-order chi connectivity index (χ1) is 13.0. The third kappa shape index (κ3) is 3.81. The van der Waals surface area contributed by atoms with E-state index in [2.05, 4.69) is 15.1 Å². The number of alkyl halides is 2. The van der Waals surface area contributed by atoms with E-state index in [0.717, 1.165) is 0 Å². The Morgan fingerprint density at radius 3 is 2.81 bits per heavy atom. The van der Waals surface area contributed by atoms with E-state index in [1.165, 1.54) is 6.07 Å². The fourth-order valence-corrected chi connectivity index (χ4v) is 3.14. The second-order valence-corrected chi connectivity index (χ2v) is 6.32. The lowest BCUT2D eigenvalue weighted by atomic mass is 10.1. The second-order valence-electron chi connectivity index (χ2n) is 5.94. The fraction of sp³-hybridized carbons (Fsp3) is 0.412. The minimum Gasteiger partial charge on any atom is -0.385 e. The molecule has 0 spiro atoms. The van der Waals surface area contributed by atoms with Gasteiger partial charge in [0.05, 0.1) is 17.3 Å². The van der Waals surface area contributed by atoms with Crippen molar-refractivity contribution in [1.82, 2.24) is 24.3 Å². The van der Waals surface area contributed by atoms with Crippen molar-refractivity contribution in [2.24, 2.45) is 0 Å². The van der Waals surface area contributed by atoms with E-state index in [9.17, 15) is 13.6 Å². The molecule has 1 N–H and O–H groups in total. The normalized spacial score (nSPS) is 11.6. The largest absolute Gasteiger partial charge is 0.385 e. The summed E-state index contributed by atoms with van der Waals surface area (Å²) in [4.78, 5) is 19.3. The molecule has 10 heteroatoms. The first-order valence-electron chi connectivity index (χ1n) is 8.44. The van der Waals surface area contributed by atoms with Crippen LogP contribution in [0.2, 0.25) is 0 Å². The summed E-state index contributed by atoms with van der Waals surface area (Å²) >= 11 is 5.23. The van der Waals surface area contributed by atoms with Crippen LogP contribution in [0.25, 0.3) is 22.3 Å². The molecule has 0 unspecified atom stereocenters. The number of ether oxygens (including phenoxy) is 1. The van der Waals surface area contributed by atoms with Gasteiger partial charge in [-0.1, -0.05) is 0 Å². The minimum absolute atomic E-state index is 0.136. The number of H-pyrrole nitrogens is 1. The van der Waals surface area contributed by atoms with Gasteiger partial charge in [0.1, 0.15) is 5.65 Å². The average molecular weight is 395 g/mol. The molecule has 0 aliphatic rings. The quantitative estimate of drug-likeness (QED) is 0.491. The lowest BCUT2D eigenvalue weighted by Gasteiger charge is -2.13. The third-order valence-corrected chi connectivity index (χ3v) is 4.52. The van der Waals surface area contributed by atoms with Crippen molar-refractivity contribution in [3.05, 3.63) is 39.1 Å². The summed E-state index contributed by atoms with van der Waals surface area (Å²) in [5, 5.41) is 4.01. The van der Waals surface area contributed by atoms with E-state index in [1.54, 1.807) is 28.8 Å². The first kappa shape index (κ1) is 19.3. The van der Waals surface area contributed by atoms with Crippen LogP contribution < -0.4 is 5.56 Å². The van der Waals surface area contributed by atoms with Crippen LogP contribution in [-0.4, -0.2) is 38.0 Å².